The van der Waals surface area contributed by atoms with Crippen molar-refractivity contribution in [2.75, 3.05) is 13.1 Å². The van der Waals surface area contributed by atoms with Crippen molar-refractivity contribution in [3.63, 3.8) is 0 Å². The fourth-order valence-corrected chi connectivity index (χ4v) is 2.87. The Balaban J connectivity index is 0.00000161. The van der Waals surface area contributed by atoms with E-state index in [0.717, 1.165) is 26.1 Å². The van der Waals surface area contributed by atoms with Crippen LogP contribution in [-0.4, -0.2) is 18.0 Å². The zero-order valence-corrected chi connectivity index (χ0v) is 13.3. The van der Waals surface area contributed by atoms with E-state index in [0.29, 0.717) is 0 Å². The number of hydrogen-bond acceptors (Lipinski definition) is 1. The van der Waals surface area contributed by atoms with Crippen molar-refractivity contribution in [3.8, 4) is 0 Å². The highest BCUT2D eigenvalue weighted by molar-refractivity contribution is 5.85. The van der Waals surface area contributed by atoms with Crippen molar-refractivity contribution in [2.24, 2.45) is 0 Å². The first-order valence-corrected chi connectivity index (χ1v) is 7.34. The topological polar surface area (TPSA) is 3.24 Å². The molecule has 1 aliphatic rings. The van der Waals surface area contributed by atoms with Crippen molar-refractivity contribution in [2.45, 2.75) is 19.9 Å². The van der Waals surface area contributed by atoms with E-state index in [1.165, 1.54) is 22.3 Å². The first-order valence-electron chi connectivity index (χ1n) is 7.34. The van der Waals surface area contributed by atoms with Gasteiger partial charge in [0.1, 0.15) is 0 Å². The molecule has 21 heavy (non-hydrogen) atoms. The van der Waals surface area contributed by atoms with Gasteiger partial charge in [-0.1, -0.05) is 60.7 Å². The van der Waals surface area contributed by atoms with Gasteiger partial charge >= 0.3 is 0 Å². The second-order valence-electron chi connectivity index (χ2n) is 5.51. The Bertz CT molecular complexity index is 604. The lowest BCUT2D eigenvalue weighted by Crippen LogP contribution is -2.28. The molecule has 0 atom stereocenters. The SMILES string of the molecule is Cc1ccccc1C1=CCN(Cc2ccccc2)CC1.Cl. The Morgan fingerprint density at radius 2 is 1.67 bits per heavy atom. The minimum absolute atomic E-state index is 0. The monoisotopic (exact) mass is 299 g/mol. The predicted octanol–water partition coefficient (Wildman–Crippen LogP) is 4.71. The fourth-order valence-electron chi connectivity index (χ4n) is 2.87. The summed E-state index contributed by atoms with van der Waals surface area (Å²) in [6, 6.07) is 19.4. The van der Waals surface area contributed by atoms with E-state index in [1.807, 2.05) is 0 Å². The molecule has 0 amide bonds. The van der Waals surface area contributed by atoms with Crippen LogP contribution in [0.3, 0.4) is 0 Å². The number of aryl methyl sites for hydroxylation is 1. The summed E-state index contributed by atoms with van der Waals surface area (Å²) < 4.78 is 0. The van der Waals surface area contributed by atoms with E-state index < -0.39 is 0 Å². The van der Waals surface area contributed by atoms with Gasteiger partial charge in [0.25, 0.3) is 0 Å². The van der Waals surface area contributed by atoms with Crippen LogP contribution >= 0.6 is 12.4 Å². The number of halogens is 1. The van der Waals surface area contributed by atoms with Crippen molar-refractivity contribution in [1.29, 1.82) is 0 Å². The maximum Gasteiger partial charge on any atom is 0.0237 e. The van der Waals surface area contributed by atoms with E-state index in [2.05, 4.69) is 72.5 Å². The third-order valence-electron chi connectivity index (χ3n) is 4.03. The van der Waals surface area contributed by atoms with Crippen LogP contribution < -0.4 is 0 Å². The van der Waals surface area contributed by atoms with Gasteiger partial charge in [0.15, 0.2) is 0 Å². The summed E-state index contributed by atoms with van der Waals surface area (Å²) in [5.74, 6) is 0. The number of nitrogens with zero attached hydrogens (tertiary/aromatic N) is 1. The Morgan fingerprint density at radius 3 is 2.33 bits per heavy atom. The molecule has 0 aliphatic carbocycles. The molecule has 0 saturated carbocycles. The maximum absolute atomic E-state index is 2.51. The van der Waals surface area contributed by atoms with Crippen LogP contribution in [0.25, 0.3) is 5.57 Å². The molecule has 0 spiro atoms. The van der Waals surface area contributed by atoms with Crippen LogP contribution in [0.15, 0.2) is 60.7 Å². The Kier molecular flexibility index (Phi) is 5.60. The van der Waals surface area contributed by atoms with Gasteiger partial charge in [0.05, 0.1) is 0 Å². The fraction of sp³-hybridized carbons (Fsp3) is 0.263. The highest BCUT2D eigenvalue weighted by atomic mass is 35.5. The molecule has 0 aromatic heterocycles. The van der Waals surface area contributed by atoms with E-state index in [9.17, 15) is 0 Å². The van der Waals surface area contributed by atoms with Crippen molar-refractivity contribution in [1.82, 2.24) is 4.90 Å². The van der Waals surface area contributed by atoms with E-state index in [1.54, 1.807) is 0 Å². The van der Waals surface area contributed by atoms with Gasteiger partial charge in [-0.15, -0.1) is 12.4 Å². The van der Waals surface area contributed by atoms with Crippen molar-refractivity contribution in [3.05, 3.63) is 77.4 Å². The molecule has 2 heteroatoms. The van der Waals surface area contributed by atoms with Crippen molar-refractivity contribution >= 4 is 18.0 Å². The predicted molar refractivity (Wildman–Crippen MR) is 92.7 cm³/mol. The normalized spacial score (nSPS) is 15.2. The average molecular weight is 300 g/mol. The van der Waals surface area contributed by atoms with Crippen LogP contribution in [0.1, 0.15) is 23.1 Å². The molecule has 2 aromatic rings. The molecule has 0 fully saturated rings. The summed E-state index contributed by atoms with van der Waals surface area (Å²) in [7, 11) is 0. The van der Waals surface area contributed by atoms with Gasteiger partial charge < -0.3 is 0 Å². The molecule has 1 aliphatic heterocycles. The molecule has 0 N–H and O–H groups in total. The second-order valence-corrected chi connectivity index (χ2v) is 5.51. The van der Waals surface area contributed by atoms with Crippen LogP contribution in [0.2, 0.25) is 0 Å². The third kappa shape index (κ3) is 3.96. The van der Waals surface area contributed by atoms with E-state index >= 15 is 0 Å². The Morgan fingerprint density at radius 1 is 0.952 bits per heavy atom. The number of hydrogen-bond donors (Lipinski definition) is 0. The molecule has 0 radical (unpaired) electrons. The lowest BCUT2D eigenvalue weighted by Gasteiger charge is -2.27. The van der Waals surface area contributed by atoms with Gasteiger partial charge in [0.2, 0.25) is 0 Å². The summed E-state index contributed by atoms with van der Waals surface area (Å²) in [5, 5.41) is 0. The van der Waals surface area contributed by atoms with Crippen LogP contribution in [-0.2, 0) is 6.54 Å². The lowest BCUT2D eigenvalue weighted by atomic mass is 9.95. The van der Waals surface area contributed by atoms with Crippen molar-refractivity contribution < 1.29 is 0 Å². The molecule has 3 rings (SSSR count). The lowest BCUT2D eigenvalue weighted by molar-refractivity contribution is 0.294. The van der Waals surface area contributed by atoms with Gasteiger partial charge in [-0.2, -0.15) is 0 Å². The van der Waals surface area contributed by atoms with Crippen LogP contribution in [0, 0.1) is 6.92 Å². The minimum atomic E-state index is 0. The molecule has 0 unspecified atom stereocenters. The molecule has 1 heterocycles. The zero-order chi connectivity index (χ0) is 13.8. The highest BCUT2D eigenvalue weighted by Crippen LogP contribution is 2.25. The summed E-state index contributed by atoms with van der Waals surface area (Å²) in [6.07, 6.45) is 3.55. The smallest absolute Gasteiger partial charge is 0.0237 e. The quantitative estimate of drug-likeness (QED) is 0.793. The molecule has 110 valence electrons. The molecule has 2 aromatic carbocycles. The third-order valence-corrected chi connectivity index (χ3v) is 4.03. The number of rotatable bonds is 3. The Hall–Kier alpha value is -1.57. The summed E-state index contributed by atoms with van der Waals surface area (Å²) in [6.45, 7) is 5.46. The summed E-state index contributed by atoms with van der Waals surface area (Å²) >= 11 is 0. The molecule has 0 saturated heterocycles. The van der Waals surface area contributed by atoms with Gasteiger partial charge in [-0.3, -0.25) is 4.90 Å². The van der Waals surface area contributed by atoms with Gasteiger partial charge in [0, 0.05) is 19.6 Å². The minimum Gasteiger partial charge on any atom is -0.295 e. The molecular formula is C19H22ClN. The van der Waals surface area contributed by atoms with Crippen LogP contribution in [0.4, 0.5) is 0 Å². The van der Waals surface area contributed by atoms with Crippen LogP contribution in [0.5, 0.6) is 0 Å². The van der Waals surface area contributed by atoms with E-state index in [-0.39, 0.29) is 12.4 Å². The Labute approximate surface area is 133 Å². The van der Waals surface area contributed by atoms with E-state index in [4.69, 9.17) is 0 Å². The summed E-state index contributed by atoms with van der Waals surface area (Å²) in [4.78, 5) is 2.51. The second kappa shape index (κ2) is 7.44. The molecular weight excluding hydrogens is 278 g/mol. The molecule has 1 nitrogen and oxygen atoms in total. The first kappa shape index (κ1) is 15.8. The largest absolute Gasteiger partial charge is 0.295 e. The standard InChI is InChI=1S/C19H21N.ClH/c1-16-7-5-6-10-19(16)18-11-13-20(14-12-18)15-17-8-3-2-4-9-17;/h2-11H,12-15H2,1H3;1H. The average Bonchev–Trinajstić information content (AvgIpc) is 2.50. The highest BCUT2D eigenvalue weighted by Gasteiger charge is 2.13. The summed E-state index contributed by atoms with van der Waals surface area (Å²) in [5.41, 5.74) is 5.72. The zero-order valence-electron chi connectivity index (χ0n) is 12.5. The first-order chi connectivity index (χ1) is 9.83. The maximum atomic E-state index is 2.51. The van der Waals surface area contributed by atoms with Gasteiger partial charge in [-0.05, 0) is 35.6 Å². The number of benzene rings is 2. The molecule has 0 bridgehead atoms. The van der Waals surface area contributed by atoms with Gasteiger partial charge in [-0.25, -0.2) is 0 Å².